The van der Waals surface area contributed by atoms with Gasteiger partial charge in [-0.05, 0) is 31.9 Å². The maximum atomic E-state index is 11.7. The van der Waals surface area contributed by atoms with Gasteiger partial charge in [-0.3, -0.25) is 4.79 Å². The summed E-state index contributed by atoms with van der Waals surface area (Å²) in [5, 5.41) is 2.91. The molecule has 1 unspecified atom stereocenters. The highest BCUT2D eigenvalue weighted by atomic mass is 79.9. The van der Waals surface area contributed by atoms with E-state index in [4.69, 9.17) is 0 Å². The van der Waals surface area contributed by atoms with E-state index in [9.17, 15) is 4.79 Å². The van der Waals surface area contributed by atoms with Crippen molar-refractivity contribution in [1.82, 2.24) is 5.32 Å². The van der Waals surface area contributed by atoms with E-state index in [0.29, 0.717) is 4.83 Å². The molecule has 0 aromatic heterocycles. The van der Waals surface area contributed by atoms with Crippen molar-refractivity contribution in [2.45, 2.75) is 31.5 Å². The number of amides is 1. The molecule has 0 fully saturated rings. The number of hydrogen-bond donors (Lipinski definition) is 1. The van der Waals surface area contributed by atoms with Crippen LogP contribution in [0.1, 0.15) is 35.7 Å². The molecule has 0 saturated carbocycles. The van der Waals surface area contributed by atoms with Crippen LogP contribution in [0, 0.1) is 6.92 Å². The zero-order valence-electron chi connectivity index (χ0n) is 9.79. The molecule has 1 aromatic rings. The third-order valence-electron chi connectivity index (χ3n) is 2.38. The van der Waals surface area contributed by atoms with Crippen LogP contribution in [0.4, 0.5) is 0 Å². The van der Waals surface area contributed by atoms with Crippen LogP contribution in [-0.4, -0.2) is 17.3 Å². The van der Waals surface area contributed by atoms with Crippen LogP contribution in [0.2, 0.25) is 0 Å². The highest BCUT2D eigenvalue weighted by Gasteiger charge is 2.03. The molecule has 0 aliphatic rings. The Labute approximate surface area is 106 Å². The Morgan fingerprint density at radius 2 is 2.00 bits per heavy atom. The maximum absolute atomic E-state index is 11.7. The van der Waals surface area contributed by atoms with Gasteiger partial charge in [-0.25, -0.2) is 0 Å². The van der Waals surface area contributed by atoms with Crippen LogP contribution in [0.3, 0.4) is 0 Å². The largest absolute Gasteiger partial charge is 0.352 e. The predicted molar refractivity (Wildman–Crippen MR) is 71.1 cm³/mol. The van der Waals surface area contributed by atoms with Crippen molar-refractivity contribution in [3.8, 4) is 0 Å². The lowest BCUT2D eigenvalue weighted by molar-refractivity contribution is 0.0953. The SMILES string of the molecule is Cc1ccc(C(=O)NCCCC(C)Br)cc1. The summed E-state index contributed by atoms with van der Waals surface area (Å²) in [7, 11) is 0. The minimum absolute atomic E-state index is 0.0159. The smallest absolute Gasteiger partial charge is 0.251 e. The first-order chi connectivity index (χ1) is 7.59. The van der Waals surface area contributed by atoms with E-state index in [1.54, 1.807) is 0 Å². The number of benzene rings is 1. The first-order valence-electron chi connectivity index (χ1n) is 5.58. The summed E-state index contributed by atoms with van der Waals surface area (Å²) in [6, 6.07) is 7.63. The number of aryl methyl sites for hydroxylation is 1. The highest BCUT2D eigenvalue weighted by Crippen LogP contribution is 2.06. The minimum atomic E-state index is 0.0159. The standard InChI is InChI=1S/C13H18BrNO/c1-10-5-7-12(8-6-10)13(16)15-9-3-4-11(2)14/h5-8,11H,3-4,9H2,1-2H3,(H,15,16). The molecule has 1 N–H and O–H groups in total. The first kappa shape index (κ1) is 13.2. The molecule has 0 aliphatic carbocycles. The van der Waals surface area contributed by atoms with Gasteiger partial charge in [0.15, 0.2) is 0 Å². The Bertz CT molecular complexity index is 332. The number of carbonyl (C=O) groups is 1. The molecule has 2 nitrogen and oxygen atoms in total. The molecule has 0 radical (unpaired) electrons. The summed E-state index contributed by atoms with van der Waals surface area (Å²) in [6.45, 7) is 4.86. The second-order valence-electron chi connectivity index (χ2n) is 4.04. The van der Waals surface area contributed by atoms with Gasteiger partial charge in [-0.1, -0.05) is 40.5 Å². The lowest BCUT2D eigenvalue weighted by Gasteiger charge is -2.06. The van der Waals surface area contributed by atoms with Crippen molar-refractivity contribution in [3.63, 3.8) is 0 Å². The molecule has 0 saturated heterocycles. The van der Waals surface area contributed by atoms with Gasteiger partial charge in [0.05, 0.1) is 0 Å². The zero-order chi connectivity index (χ0) is 12.0. The highest BCUT2D eigenvalue weighted by molar-refractivity contribution is 9.09. The molecule has 88 valence electrons. The van der Waals surface area contributed by atoms with E-state index >= 15 is 0 Å². The molecule has 0 bridgehead atoms. The summed E-state index contributed by atoms with van der Waals surface area (Å²) >= 11 is 3.48. The predicted octanol–water partition coefficient (Wildman–Crippen LogP) is 3.29. The van der Waals surface area contributed by atoms with Gasteiger partial charge >= 0.3 is 0 Å². The summed E-state index contributed by atoms with van der Waals surface area (Å²) < 4.78 is 0. The van der Waals surface area contributed by atoms with E-state index in [2.05, 4.69) is 28.2 Å². The van der Waals surface area contributed by atoms with Crippen molar-refractivity contribution < 1.29 is 4.79 Å². The van der Waals surface area contributed by atoms with Crippen LogP contribution in [0.25, 0.3) is 0 Å². The topological polar surface area (TPSA) is 29.1 Å². The molecule has 0 heterocycles. The Hall–Kier alpha value is -0.830. The number of nitrogens with one attached hydrogen (secondary N) is 1. The van der Waals surface area contributed by atoms with E-state index in [-0.39, 0.29) is 5.91 Å². The second-order valence-corrected chi connectivity index (χ2v) is 5.61. The Balaban J connectivity index is 2.32. The van der Waals surface area contributed by atoms with Crippen LogP contribution in [0.15, 0.2) is 24.3 Å². The second kappa shape index (κ2) is 6.69. The molecule has 0 spiro atoms. The number of halogens is 1. The van der Waals surface area contributed by atoms with E-state index < -0.39 is 0 Å². The number of rotatable bonds is 5. The molecule has 1 aromatic carbocycles. The van der Waals surface area contributed by atoms with Gasteiger partial charge < -0.3 is 5.32 Å². The van der Waals surface area contributed by atoms with Crippen LogP contribution < -0.4 is 5.32 Å². The molecular formula is C13H18BrNO. The monoisotopic (exact) mass is 283 g/mol. The number of alkyl halides is 1. The molecule has 16 heavy (non-hydrogen) atoms. The van der Waals surface area contributed by atoms with Gasteiger partial charge in [0.25, 0.3) is 5.91 Å². The van der Waals surface area contributed by atoms with Gasteiger partial charge in [-0.2, -0.15) is 0 Å². The minimum Gasteiger partial charge on any atom is -0.352 e. The fourth-order valence-electron chi connectivity index (χ4n) is 1.39. The van der Waals surface area contributed by atoms with Crippen LogP contribution in [0.5, 0.6) is 0 Å². The molecule has 0 aliphatic heterocycles. The summed E-state index contributed by atoms with van der Waals surface area (Å²) in [4.78, 5) is 12.2. The molecule has 1 atom stereocenters. The average Bonchev–Trinajstić information content (AvgIpc) is 2.25. The van der Waals surface area contributed by atoms with Crippen molar-refractivity contribution in [1.29, 1.82) is 0 Å². The van der Waals surface area contributed by atoms with E-state index in [0.717, 1.165) is 24.9 Å². The third-order valence-corrected chi connectivity index (χ3v) is 2.84. The lowest BCUT2D eigenvalue weighted by Crippen LogP contribution is -2.24. The normalized spacial score (nSPS) is 12.2. The quantitative estimate of drug-likeness (QED) is 0.652. The fraction of sp³-hybridized carbons (Fsp3) is 0.462. The molecule has 1 rings (SSSR count). The Morgan fingerprint density at radius 3 is 2.56 bits per heavy atom. The van der Waals surface area contributed by atoms with Gasteiger partial charge in [0.2, 0.25) is 0 Å². The fourth-order valence-corrected chi connectivity index (χ4v) is 1.72. The lowest BCUT2D eigenvalue weighted by atomic mass is 10.1. The molecular weight excluding hydrogens is 266 g/mol. The number of hydrogen-bond acceptors (Lipinski definition) is 1. The maximum Gasteiger partial charge on any atom is 0.251 e. The summed E-state index contributed by atoms with van der Waals surface area (Å²) in [5.74, 6) is 0.0159. The third kappa shape index (κ3) is 4.79. The zero-order valence-corrected chi connectivity index (χ0v) is 11.4. The summed E-state index contributed by atoms with van der Waals surface area (Å²) in [6.07, 6.45) is 2.08. The van der Waals surface area contributed by atoms with E-state index in [1.807, 2.05) is 31.2 Å². The summed E-state index contributed by atoms with van der Waals surface area (Å²) in [5.41, 5.74) is 1.90. The average molecular weight is 284 g/mol. The van der Waals surface area contributed by atoms with Crippen molar-refractivity contribution >= 4 is 21.8 Å². The molecule has 3 heteroatoms. The van der Waals surface area contributed by atoms with Crippen molar-refractivity contribution in [3.05, 3.63) is 35.4 Å². The van der Waals surface area contributed by atoms with Crippen LogP contribution in [-0.2, 0) is 0 Å². The van der Waals surface area contributed by atoms with Crippen molar-refractivity contribution in [2.24, 2.45) is 0 Å². The first-order valence-corrected chi connectivity index (χ1v) is 6.50. The van der Waals surface area contributed by atoms with Gasteiger partial charge in [-0.15, -0.1) is 0 Å². The Kier molecular flexibility index (Phi) is 5.53. The van der Waals surface area contributed by atoms with Gasteiger partial charge in [0.1, 0.15) is 0 Å². The Morgan fingerprint density at radius 1 is 1.38 bits per heavy atom. The van der Waals surface area contributed by atoms with E-state index in [1.165, 1.54) is 5.56 Å². The van der Waals surface area contributed by atoms with Crippen molar-refractivity contribution in [2.75, 3.05) is 6.54 Å². The van der Waals surface area contributed by atoms with Crippen LogP contribution >= 0.6 is 15.9 Å². The molecule has 1 amide bonds. The number of carbonyl (C=O) groups excluding carboxylic acids is 1. The van der Waals surface area contributed by atoms with Gasteiger partial charge in [0, 0.05) is 16.9 Å².